The van der Waals surface area contributed by atoms with Gasteiger partial charge in [0, 0.05) is 29.6 Å². The molecule has 3 heterocycles. The molecule has 0 radical (unpaired) electrons. The Morgan fingerprint density at radius 3 is 2.42 bits per heavy atom. The maximum atomic E-state index is 14.0. The van der Waals surface area contributed by atoms with Crippen LogP contribution < -0.4 is 9.47 Å². The SMILES string of the molecule is COc1cc(OCc2ncc(C(F)(F)F)cc2F)ccc1-c1cnc(-c2ccc(F)nc2)[nH]1. The molecule has 0 atom stereocenters. The number of benzene rings is 1. The number of methoxy groups -OCH3 is 1. The summed E-state index contributed by atoms with van der Waals surface area (Å²) in [6.45, 7) is -0.377. The average Bonchev–Trinajstić information content (AvgIpc) is 3.28. The molecule has 1 N–H and O–H groups in total. The van der Waals surface area contributed by atoms with E-state index in [1.807, 2.05) is 0 Å². The van der Waals surface area contributed by atoms with Crippen LogP contribution in [0.1, 0.15) is 11.3 Å². The van der Waals surface area contributed by atoms with Gasteiger partial charge >= 0.3 is 6.18 Å². The third-order valence-corrected chi connectivity index (χ3v) is 4.66. The number of pyridine rings is 2. The van der Waals surface area contributed by atoms with Crippen molar-refractivity contribution in [2.75, 3.05) is 7.11 Å². The third-order valence-electron chi connectivity index (χ3n) is 4.66. The highest BCUT2D eigenvalue weighted by Gasteiger charge is 2.31. The molecule has 0 fully saturated rings. The van der Waals surface area contributed by atoms with Crippen molar-refractivity contribution < 1.29 is 31.4 Å². The first-order valence-corrected chi connectivity index (χ1v) is 9.44. The van der Waals surface area contributed by atoms with E-state index in [4.69, 9.17) is 9.47 Å². The minimum absolute atomic E-state index is 0.267. The van der Waals surface area contributed by atoms with Gasteiger partial charge in [-0.3, -0.25) is 4.98 Å². The zero-order valence-electron chi connectivity index (χ0n) is 17.0. The van der Waals surface area contributed by atoms with E-state index in [0.29, 0.717) is 46.4 Å². The Kier molecular flexibility index (Phi) is 5.95. The van der Waals surface area contributed by atoms with Crippen LogP contribution in [0.3, 0.4) is 0 Å². The average molecular weight is 462 g/mol. The molecule has 3 aromatic heterocycles. The van der Waals surface area contributed by atoms with Crippen LogP contribution in [0, 0.1) is 11.8 Å². The molecule has 0 aliphatic carbocycles. The van der Waals surface area contributed by atoms with Crippen molar-refractivity contribution in [1.29, 1.82) is 0 Å². The molecular formula is C22H15F5N4O2. The predicted molar refractivity (Wildman–Crippen MR) is 107 cm³/mol. The highest BCUT2D eigenvalue weighted by atomic mass is 19.4. The van der Waals surface area contributed by atoms with Gasteiger partial charge in [0.15, 0.2) is 0 Å². The molecule has 0 saturated heterocycles. The number of hydrogen-bond acceptors (Lipinski definition) is 5. The number of aromatic nitrogens is 4. The van der Waals surface area contributed by atoms with E-state index in [1.165, 1.54) is 31.5 Å². The minimum atomic E-state index is -4.68. The van der Waals surface area contributed by atoms with Crippen LogP contribution in [0.5, 0.6) is 11.5 Å². The number of nitrogens with one attached hydrogen (secondary N) is 1. The maximum absolute atomic E-state index is 14.0. The lowest BCUT2D eigenvalue weighted by molar-refractivity contribution is -0.138. The molecule has 0 aliphatic heterocycles. The second kappa shape index (κ2) is 8.85. The topological polar surface area (TPSA) is 72.9 Å². The van der Waals surface area contributed by atoms with E-state index in [2.05, 4.69) is 19.9 Å². The van der Waals surface area contributed by atoms with Gasteiger partial charge in [0.1, 0.15) is 35.4 Å². The van der Waals surface area contributed by atoms with Gasteiger partial charge in [0.05, 0.1) is 24.6 Å². The Bertz CT molecular complexity index is 1270. The van der Waals surface area contributed by atoms with Gasteiger partial charge in [-0.25, -0.2) is 14.4 Å². The number of imidazole rings is 1. The molecule has 0 amide bonds. The van der Waals surface area contributed by atoms with E-state index in [1.54, 1.807) is 18.3 Å². The van der Waals surface area contributed by atoms with Crippen molar-refractivity contribution in [2.45, 2.75) is 12.8 Å². The summed E-state index contributed by atoms with van der Waals surface area (Å²) in [4.78, 5) is 14.5. The van der Waals surface area contributed by atoms with Crippen LogP contribution in [0.25, 0.3) is 22.6 Å². The van der Waals surface area contributed by atoms with Crippen molar-refractivity contribution in [1.82, 2.24) is 19.9 Å². The van der Waals surface area contributed by atoms with Crippen molar-refractivity contribution in [2.24, 2.45) is 0 Å². The summed E-state index contributed by atoms with van der Waals surface area (Å²) in [5, 5.41) is 0. The first-order chi connectivity index (χ1) is 15.7. The molecule has 0 aliphatic rings. The molecule has 0 saturated carbocycles. The number of halogens is 5. The van der Waals surface area contributed by atoms with Gasteiger partial charge in [-0.1, -0.05) is 0 Å². The molecule has 4 aromatic rings. The van der Waals surface area contributed by atoms with Crippen LogP contribution in [0.4, 0.5) is 22.0 Å². The molecule has 33 heavy (non-hydrogen) atoms. The fraction of sp³-hybridized carbons (Fsp3) is 0.136. The second-order valence-corrected chi connectivity index (χ2v) is 6.82. The molecule has 11 heteroatoms. The van der Waals surface area contributed by atoms with E-state index in [-0.39, 0.29) is 12.3 Å². The Hall–Kier alpha value is -4.02. The smallest absolute Gasteiger partial charge is 0.417 e. The summed E-state index contributed by atoms with van der Waals surface area (Å²) in [7, 11) is 1.45. The maximum Gasteiger partial charge on any atom is 0.417 e. The third kappa shape index (κ3) is 4.92. The number of alkyl halides is 3. The Morgan fingerprint density at radius 1 is 0.939 bits per heavy atom. The Labute approximate surface area is 184 Å². The van der Waals surface area contributed by atoms with Crippen molar-refractivity contribution >= 4 is 0 Å². The Morgan fingerprint density at radius 2 is 1.76 bits per heavy atom. The normalized spacial score (nSPS) is 11.5. The predicted octanol–water partition coefficient (Wildman–Crippen LogP) is 5.42. The molecule has 0 unspecified atom stereocenters. The van der Waals surface area contributed by atoms with Crippen molar-refractivity contribution in [3.05, 3.63) is 78.0 Å². The fourth-order valence-corrected chi connectivity index (χ4v) is 2.98. The van der Waals surface area contributed by atoms with Crippen molar-refractivity contribution in [3.63, 3.8) is 0 Å². The number of aromatic amines is 1. The molecule has 0 bridgehead atoms. The van der Waals surface area contributed by atoms with Crippen LogP contribution in [-0.2, 0) is 12.8 Å². The summed E-state index contributed by atoms with van der Waals surface area (Å²) in [5.41, 5.74) is 0.389. The van der Waals surface area contributed by atoms with Crippen LogP contribution in [0.2, 0.25) is 0 Å². The second-order valence-electron chi connectivity index (χ2n) is 6.82. The zero-order valence-corrected chi connectivity index (χ0v) is 17.0. The number of hydrogen-bond donors (Lipinski definition) is 1. The summed E-state index contributed by atoms with van der Waals surface area (Å²) >= 11 is 0. The summed E-state index contributed by atoms with van der Waals surface area (Å²) in [6.07, 6.45) is -1.22. The van der Waals surface area contributed by atoms with Crippen LogP contribution >= 0.6 is 0 Å². The minimum Gasteiger partial charge on any atom is -0.496 e. The lowest BCUT2D eigenvalue weighted by Crippen LogP contribution is -2.09. The number of rotatable bonds is 6. The van der Waals surface area contributed by atoms with E-state index in [0.717, 1.165) is 0 Å². The molecule has 0 spiro atoms. The van der Waals surface area contributed by atoms with E-state index < -0.39 is 23.5 Å². The largest absolute Gasteiger partial charge is 0.496 e. The molecule has 1 aromatic carbocycles. The fourth-order valence-electron chi connectivity index (χ4n) is 2.98. The summed E-state index contributed by atoms with van der Waals surface area (Å²) < 4.78 is 75.8. The quantitative estimate of drug-likeness (QED) is 0.306. The highest BCUT2D eigenvalue weighted by molar-refractivity contribution is 5.70. The molecule has 4 rings (SSSR count). The van der Waals surface area contributed by atoms with Gasteiger partial charge < -0.3 is 14.5 Å². The molecular weight excluding hydrogens is 447 g/mol. The van der Waals surface area contributed by atoms with Gasteiger partial charge in [-0.2, -0.15) is 17.6 Å². The van der Waals surface area contributed by atoms with Gasteiger partial charge in [0.2, 0.25) is 5.95 Å². The molecule has 170 valence electrons. The first-order valence-electron chi connectivity index (χ1n) is 9.44. The van der Waals surface area contributed by atoms with E-state index in [9.17, 15) is 22.0 Å². The summed E-state index contributed by atoms with van der Waals surface area (Å²) in [6, 6.07) is 7.93. The highest BCUT2D eigenvalue weighted by Crippen LogP contribution is 2.34. The van der Waals surface area contributed by atoms with Gasteiger partial charge in [-0.05, 0) is 30.3 Å². The molecule has 6 nitrogen and oxygen atoms in total. The van der Waals surface area contributed by atoms with Crippen molar-refractivity contribution in [3.8, 4) is 34.1 Å². The first kappa shape index (κ1) is 22.2. The standard InChI is InChI=1S/C22H15F5N4O2/c1-32-19-7-14(33-11-18-16(23)6-13(9-28-18)22(25,26)27)3-4-15(19)17-10-30-21(31-17)12-2-5-20(24)29-8-12/h2-10H,11H2,1H3,(H,30,31). The van der Waals surface area contributed by atoms with Crippen LogP contribution in [0.15, 0.2) is 55.0 Å². The lowest BCUT2D eigenvalue weighted by atomic mass is 10.1. The van der Waals surface area contributed by atoms with Gasteiger partial charge in [0.25, 0.3) is 0 Å². The van der Waals surface area contributed by atoms with Gasteiger partial charge in [-0.15, -0.1) is 0 Å². The zero-order chi connectivity index (χ0) is 23.6. The summed E-state index contributed by atoms with van der Waals surface area (Å²) in [5.74, 6) is -0.550. The Balaban J connectivity index is 1.51. The van der Waals surface area contributed by atoms with Crippen LogP contribution in [-0.4, -0.2) is 27.0 Å². The monoisotopic (exact) mass is 462 g/mol. The van der Waals surface area contributed by atoms with E-state index >= 15 is 0 Å². The number of ether oxygens (including phenoxy) is 2. The number of nitrogens with zero attached hydrogens (tertiary/aromatic N) is 3. The lowest BCUT2D eigenvalue weighted by Gasteiger charge is -2.12. The number of H-pyrrole nitrogens is 1.